The maximum atomic E-state index is 12.1. The van der Waals surface area contributed by atoms with Crippen LogP contribution in [0.2, 0.25) is 0 Å². The molecule has 1 aliphatic heterocycles. The van der Waals surface area contributed by atoms with Gasteiger partial charge in [-0.15, -0.1) is 0 Å². The first kappa shape index (κ1) is 11.5. The monoisotopic (exact) mass is 281 g/mol. The van der Waals surface area contributed by atoms with Gasteiger partial charge in [-0.25, -0.2) is 0 Å². The van der Waals surface area contributed by atoms with Crippen LogP contribution in [0.4, 0.5) is 5.69 Å². The van der Waals surface area contributed by atoms with E-state index in [-0.39, 0.29) is 5.91 Å². The molecule has 0 unspecified atom stereocenters. The minimum Gasteiger partial charge on any atom is -0.398 e. The maximum absolute atomic E-state index is 12.1. The molecule has 1 radical (unpaired) electrons. The number of nitrogens with zero attached hydrogens (tertiary/aromatic N) is 1. The molecule has 1 aromatic rings. The molecule has 1 saturated heterocycles. The van der Waals surface area contributed by atoms with Gasteiger partial charge in [-0.3, -0.25) is 4.79 Å². The molecule has 0 spiro atoms. The Hall–Kier alpha value is -1.03. The summed E-state index contributed by atoms with van der Waals surface area (Å²) in [6.07, 6.45) is 4.17. The summed E-state index contributed by atoms with van der Waals surface area (Å²) in [5.41, 5.74) is 6.98. The highest BCUT2D eigenvalue weighted by Crippen LogP contribution is 2.21. The van der Waals surface area contributed by atoms with Crippen molar-refractivity contribution < 1.29 is 4.79 Å². The highest BCUT2D eigenvalue weighted by molar-refractivity contribution is 9.10. The third-order valence-corrected chi connectivity index (χ3v) is 3.23. The highest BCUT2D eigenvalue weighted by atomic mass is 79.9. The molecule has 4 heteroatoms. The average molecular weight is 282 g/mol. The normalized spacial score (nSPS) is 16.2. The second-order valence-electron chi connectivity index (χ2n) is 3.89. The van der Waals surface area contributed by atoms with E-state index in [1.165, 1.54) is 0 Å². The lowest BCUT2D eigenvalue weighted by molar-refractivity contribution is 0.0743. The van der Waals surface area contributed by atoms with Crippen molar-refractivity contribution in [3.63, 3.8) is 0 Å². The molecule has 1 fully saturated rings. The fourth-order valence-electron chi connectivity index (χ4n) is 1.85. The van der Waals surface area contributed by atoms with Gasteiger partial charge in [0.05, 0.1) is 5.56 Å². The van der Waals surface area contributed by atoms with E-state index in [9.17, 15) is 4.79 Å². The van der Waals surface area contributed by atoms with E-state index in [0.717, 1.165) is 30.4 Å². The molecule has 1 heterocycles. The number of halogens is 1. The second-order valence-corrected chi connectivity index (χ2v) is 4.81. The Bertz CT molecular complexity index is 400. The third-order valence-electron chi connectivity index (χ3n) is 2.74. The van der Waals surface area contributed by atoms with Crippen LogP contribution < -0.4 is 5.73 Å². The Morgan fingerprint density at radius 2 is 2.00 bits per heavy atom. The van der Waals surface area contributed by atoms with Gasteiger partial charge >= 0.3 is 0 Å². The summed E-state index contributed by atoms with van der Waals surface area (Å²) < 4.78 is 0.897. The second kappa shape index (κ2) is 4.87. The van der Waals surface area contributed by atoms with Gasteiger partial charge in [-0.05, 0) is 37.5 Å². The van der Waals surface area contributed by atoms with Crippen LogP contribution in [0.1, 0.15) is 23.2 Å². The standard InChI is InChI=1S/C12H14BrN2O/c13-9-4-5-10(11(14)8-9)12(16)15-6-2-1-3-7-15/h1,4-5,8H,2-3,6-7,14H2. The minimum absolute atomic E-state index is 0.0399. The van der Waals surface area contributed by atoms with Gasteiger partial charge in [0, 0.05) is 23.2 Å². The van der Waals surface area contributed by atoms with Crippen LogP contribution >= 0.6 is 15.9 Å². The van der Waals surface area contributed by atoms with Gasteiger partial charge in [0.2, 0.25) is 0 Å². The van der Waals surface area contributed by atoms with Crippen LogP contribution in [0.5, 0.6) is 0 Å². The predicted molar refractivity (Wildman–Crippen MR) is 68.0 cm³/mol. The largest absolute Gasteiger partial charge is 0.398 e. The molecule has 0 atom stereocenters. The summed E-state index contributed by atoms with van der Waals surface area (Å²) in [4.78, 5) is 14.0. The van der Waals surface area contributed by atoms with Crippen LogP contribution in [-0.4, -0.2) is 23.9 Å². The summed E-state index contributed by atoms with van der Waals surface area (Å²) in [5.74, 6) is 0.0399. The molecule has 0 saturated carbocycles. The first-order chi connectivity index (χ1) is 7.68. The zero-order chi connectivity index (χ0) is 11.5. The number of hydrogen-bond acceptors (Lipinski definition) is 2. The molecule has 2 N–H and O–H groups in total. The number of piperidine rings is 1. The van der Waals surface area contributed by atoms with Gasteiger partial charge in [-0.2, -0.15) is 0 Å². The number of hydrogen-bond donors (Lipinski definition) is 1. The molecule has 16 heavy (non-hydrogen) atoms. The van der Waals surface area contributed by atoms with E-state index in [0.29, 0.717) is 11.3 Å². The number of anilines is 1. The van der Waals surface area contributed by atoms with Crippen molar-refractivity contribution in [1.29, 1.82) is 0 Å². The van der Waals surface area contributed by atoms with E-state index in [1.54, 1.807) is 12.1 Å². The van der Waals surface area contributed by atoms with Crippen molar-refractivity contribution in [2.75, 3.05) is 18.8 Å². The Balaban J connectivity index is 2.19. The number of carbonyl (C=O) groups excluding carboxylic acids is 1. The van der Waals surface area contributed by atoms with Crippen LogP contribution in [0, 0.1) is 6.42 Å². The van der Waals surface area contributed by atoms with E-state index in [2.05, 4.69) is 22.4 Å². The number of likely N-dealkylation sites (tertiary alicyclic amines) is 1. The zero-order valence-corrected chi connectivity index (χ0v) is 10.5. The summed E-state index contributed by atoms with van der Waals surface area (Å²) in [6, 6.07) is 5.39. The Morgan fingerprint density at radius 1 is 1.31 bits per heavy atom. The topological polar surface area (TPSA) is 46.3 Å². The lowest BCUT2D eigenvalue weighted by atomic mass is 10.1. The Labute approximate surface area is 104 Å². The molecule has 0 aliphatic carbocycles. The highest BCUT2D eigenvalue weighted by Gasteiger charge is 2.19. The molecular weight excluding hydrogens is 268 g/mol. The van der Waals surface area contributed by atoms with Gasteiger partial charge in [0.15, 0.2) is 0 Å². The third kappa shape index (κ3) is 2.38. The molecule has 0 bridgehead atoms. The van der Waals surface area contributed by atoms with E-state index >= 15 is 0 Å². The van der Waals surface area contributed by atoms with Crippen molar-refractivity contribution in [3.8, 4) is 0 Å². The first-order valence-electron chi connectivity index (χ1n) is 5.34. The molecule has 1 aliphatic rings. The minimum atomic E-state index is 0.0399. The molecule has 2 rings (SSSR count). The van der Waals surface area contributed by atoms with Crippen LogP contribution in [0.3, 0.4) is 0 Å². The lowest BCUT2D eigenvalue weighted by Crippen LogP contribution is -2.36. The van der Waals surface area contributed by atoms with Crippen molar-refractivity contribution in [1.82, 2.24) is 4.90 Å². The number of benzene rings is 1. The van der Waals surface area contributed by atoms with Gasteiger partial charge in [0.25, 0.3) is 5.91 Å². The number of nitrogens with two attached hydrogens (primary N) is 1. The molecule has 3 nitrogen and oxygen atoms in total. The average Bonchev–Trinajstić information content (AvgIpc) is 2.29. The quantitative estimate of drug-likeness (QED) is 0.804. The Kier molecular flexibility index (Phi) is 3.49. The number of carbonyl (C=O) groups is 1. The molecule has 1 amide bonds. The smallest absolute Gasteiger partial charge is 0.255 e. The molecular formula is C12H14BrN2O. The first-order valence-corrected chi connectivity index (χ1v) is 6.14. The van der Waals surface area contributed by atoms with Crippen LogP contribution in [-0.2, 0) is 0 Å². The zero-order valence-electron chi connectivity index (χ0n) is 8.95. The predicted octanol–water partition coefficient (Wildman–Crippen LogP) is 2.47. The lowest BCUT2D eigenvalue weighted by Gasteiger charge is -2.27. The summed E-state index contributed by atoms with van der Waals surface area (Å²) >= 11 is 3.33. The maximum Gasteiger partial charge on any atom is 0.255 e. The van der Waals surface area contributed by atoms with E-state index in [1.807, 2.05) is 11.0 Å². The molecule has 0 aromatic heterocycles. The summed E-state index contributed by atoms with van der Waals surface area (Å²) in [6.45, 7) is 1.60. The number of nitrogen functional groups attached to an aromatic ring is 1. The number of rotatable bonds is 1. The van der Waals surface area contributed by atoms with Crippen molar-refractivity contribution in [3.05, 3.63) is 34.7 Å². The fraction of sp³-hybridized carbons (Fsp3) is 0.333. The van der Waals surface area contributed by atoms with E-state index in [4.69, 9.17) is 5.73 Å². The van der Waals surface area contributed by atoms with Crippen molar-refractivity contribution in [2.24, 2.45) is 0 Å². The SMILES string of the molecule is Nc1cc(Br)ccc1C(=O)N1CC[CH]CC1. The van der Waals surface area contributed by atoms with Crippen LogP contribution in [0.15, 0.2) is 22.7 Å². The summed E-state index contributed by atoms with van der Waals surface area (Å²) in [5, 5.41) is 0. The van der Waals surface area contributed by atoms with Crippen molar-refractivity contribution in [2.45, 2.75) is 12.8 Å². The van der Waals surface area contributed by atoms with Gasteiger partial charge < -0.3 is 10.6 Å². The summed E-state index contributed by atoms with van der Waals surface area (Å²) in [7, 11) is 0. The molecule has 1 aromatic carbocycles. The number of amides is 1. The Morgan fingerprint density at radius 3 is 2.62 bits per heavy atom. The molecule has 85 valence electrons. The van der Waals surface area contributed by atoms with E-state index < -0.39 is 0 Å². The van der Waals surface area contributed by atoms with Crippen LogP contribution in [0.25, 0.3) is 0 Å². The van der Waals surface area contributed by atoms with Gasteiger partial charge in [0.1, 0.15) is 0 Å². The van der Waals surface area contributed by atoms with Crippen molar-refractivity contribution >= 4 is 27.5 Å². The fourth-order valence-corrected chi connectivity index (χ4v) is 2.23. The van der Waals surface area contributed by atoms with Gasteiger partial charge in [-0.1, -0.05) is 15.9 Å².